The smallest absolute Gasteiger partial charge is 0.329 e. The molecule has 0 atom stereocenters. The van der Waals surface area contributed by atoms with Crippen LogP contribution in [-0.4, -0.2) is 42.3 Å². The molecule has 0 aliphatic heterocycles. The highest BCUT2D eigenvalue weighted by atomic mass is 16.5. The molecule has 1 aliphatic rings. The summed E-state index contributed by atoms with van der Waals surface area (Å²) in [5, 5.41) is 11.7. The van der Waals surface area contributed by atoms with E-state index in [4.69, 9.17) is 15.6 Å². The van der Waals surface area contributed by atoms with Gasteiger partial charge in [-0.2, -0.15) is 0 Å². The number of hydrogen-bond donors (Lipinski definition) is 3. The molecule has 0 aromatic carbocycles. The van der Waals surface area contributed by atoms with Crippen LogP contribution in [0, 0.1) is 0 Å². The molecule has 0 radical (unpaired) electrons. The lowest BCUT2D eigenvalue weighted by Gasteiger charge is -2.25. The first-order valence-corrected chi connectivity index (χ1v) is 5.43. The van der Waals surface area contributed by atoms with E-state index in [0.717, 1.165) is 12.8 Å². The highest BCUT2D eigenvalue weighted by molar-refractivity contribution is 5.87. The Hall–Kier alpha value is -1.14. The Bertz CT molecular complexity index is 262. The van der Waals surface area contributed by atoms with Crippen molar-refractivity contribution in [2.75, 3.05) is 19.8 Å². The van der Waals surface area contributed by atoms with Gasteiger partial charge >= 0.3 is 5.97 Å². The van der Waals surface area contributed by atoms with Crippen molar-refractivity contribution >= 4 is 11.9 Å². The predicted molar refractivity (Wildman–Crippen MR) is 56.9 cm³/mol. The van der Waals surface area contributed by atoms with Gasteiger partial charge in [-0.15, -0.1) is 0 Å². The normalized spacial score (nSPS) is 18.3. The monoisotopic (exact) mass is 230 g/mol. The maximum atomic E-state index is 11.4. The molecule has 1 amide bonds. The Morgan fingerprint density at radius 1 is 1.38 bits per heavy atom. The van der Waals surface area contributed by atoms with Crippen molar-refractivity contribution in [3.63, 3.8) is 0 Å². The Labute approximate surface area is 94.1 Å². The highest BCUT2D eigenvalue weighted by Gasteiger charge is 2.42. The summed E-state index contributed by atoms with van der Waals surface area (Å²) in [6.07, 6.45) is 2.64. The Morgan fingerprint density at radius 2 is 2.00 bits per heavy atom. The van der Waals surface area contributed by atoms with Crippen LogP contribution in [0.4, 0.5) is 0 Å². The molecule has 4 N–H and O–H groups in total. The molecular weight excluding hydrogens is 212 g/mol. The van der Waals surface area contributed by atoms with Gasteiger partial charge < -0.3 is 20.9 Å². The lowest BCUT2D eigenvalue weighted by molar-refractivity contribution is -0.148. The SMILES string of the molecule is NCCOCC(=O)NC1(C(=O)O)CCCC1. The number of nitrogens with two attached hydrogens (primary N) is 1. The Kier molecular flexibility index (Phi) is 4.70. The summed E-state index contributed by atoms with van der Waals surface area (Å²) in [7, 11) is 0. The van der Waals surface area contributed by atoms with Gasteiger partial charge in [0.2, 0.25) is 5.91 Å². The Balaban J connectivity index is 2.43. The molecular formula is C10H18N2O4. The molecule has 0 heterocycles. The zero-order chi connectivity index (χ0) is 12.0. The molecule has 0 aromatic heterocycles. The van der Waals surface area contributed by atoms with E-state index in [9.17, 15) is 9.59 Å². The van der Waals surface area contributed by atoms with Crippen LogP contribution in [-0.2, 0) is 14.3 Å². The summed E-state index contributed by atoms with van der Waals surface area (Å²) in [5.74, 6) is -1.35. The molecule has 1 saturated carbocycles. The third-order valence-corrected chi connectivity index (χ3v) is 2.74. The van der Waals surface area contributed by atoms with E-state index in [0.29, 0.717) is 26.0 Å². The second-order valence-corrected chi connectivity index (χ2v) is 3.98. The van der Waals surface area contributed by atoms with Gasteiger partial charge in [-0.25, -0.2) is 4.79 Å². The van der Waals surface area contributed by atoms with Crippen LogP contribution in [0.1, 0.15) is 25.7 Å². The molecule has 0 aromatic rings. The van der Waals surface area contributed by atoms with Gasteiger partial charge in [0.05, 0.1) is 6.61 Å². The minimum Gasteiger partial charge on any atom is -0.480 e. The molecule has 1 rings (SSSR count). The Morgan fingerprint density at radius 3 is 2.50 bits per heavy atom. The molecule has 16 heavy (non-hydrogen) atoms. The van der Waals surface area contributed by atoms with E-state index in [1.165, 1.54) is 0 Å². The number of aliphatic carboxylic acids is 1. The summed E-state index contributed by atoms with van der Waals surface area (Å²) in [6, 6.07) is 0. The van der Waals surface area contributed by atoms with Gasteiger partial charge in [-0.05, 0) is 12.8 Å². The van der Waals surface area contributed by atoms with Gasteiger partial charge in [0, 0.05) is 6.54 Å². The highest BCUT2D eigenvalue weighted by Crippen LogP contribution is 2.29. The van der Waals surface area contributed by atoms with Gasteiger partial charge in [0.1, 0.15) is 12.1 Å². The predicted octanol–water partition coefficient (Wildman–Crippen LogP) is -0.525. The molecule has 1 fully saturated rings. The largest absolute Gasteiger partial charge is 0.480 e. The standard InChI is InChI=1S/C10H18N2O4/c11-5-6-16-7-8(13)12-10(9(14)15)3-1-2-4-10/h1-7,11H2,(H,12,13)(H,14,15). The molecule has 6 heteroatoms. The van der Waals surface area contributed by atoms with Crippen LogP contribution in [0.3, 0.4) is 0 Å². The molecule has 0 bridgehead atoms. The summed E-state index contributed by atoms with van der Waals surface area (Å²) in [6.45, 7) is 0.511. The molecule has 1 aliphatic carbocycles. The summed E-state index contributed by atoms with van der Waals surface area (Å²) in [4.78, 5) is 22.6. The zero-order valence-corrected chi connectivity index (χ0v) is 9.20. The van der Waals surface area contributed by atoms with Crippen molar-refractivity contribution in [1.29, 1.82) is 0 Å². The van der Waals surface area contributed by atoms with Gasteiger partial charge in [-0.1, -0.05) is 12.8 Å². The third kappa shape index (κ3) is 3.18. The zero-order valence-electron chi connectivity index (χ0n) is 9.20. The van der Waals surface area contributed by atoms with E-state index in [1.54, 1.807) is 0 Å². The fourth-order valence-electron chi connectivity index (χ4n) is 1.92. The number of rotatable bonds is 6. The number of nitrogens with one attached hydrogen (secondary N) is 1. The maximum Gasteiger partial charge on any atom is 0.329 e. The second-order valence-electron chi connectivity index (χ2n) is 3.98. The first-order valence-electron chi connectivity index (χ1n) is 5.43. The van der Waals surface area contributed by atoms with E-state index in [-0.39, 0.29) is 6.61 Å². The van der Waals surface area contributed by atoms with E-state index in [2.05, 4.69) is 5.32 Å². The van der Waals surface area contributed by atoms with Gasteiger partial charge in [-0.3, -0.25) is 4.79 Å². The second kappa shape index (κ2) is 5.81. The van der Waals surface area contributed by atoms with E-state index in [1.807, 2.05) is 0 Å². The average Bonchev–Trinajstić information content (AvgIpc) is 2.68. The lowest BCUT2D eigenvalue weighted by atomic mass is 9.98. The maximum absolute atomic E-state index is 11.4. The third-order valence-electron chi connectivity index (χ3n) is 2.74. The van der Waals surface area contributed by atoms with Crippen LogP contribution in [0.25, 0.3) is 0 Å². The number of carboxylic acids is 1. The quantitative estimate of drug-likeness (QED) is 0.533. The van der Waals surface area contributed by atoms with Crippen molar-refractivity contribution in [3.8, 4) is 0 Å². The summed E-state index contributed by atoms with van der Waals surface area (Å²) >= 11 is 0. The summed E-state index contributed by atoms with van der Waals surface area (Å²) < 4.78 is 4.95. The van der Waals surface area contributed by atoms with Crippen molar-refractivity contribution in [1.82, 2.24) is 5.32 Å². The van der Waals surface area contributed by atoms with Crippen molar-refractivity contribution in [2.45, 2.75) is 31.2 Å². The van der Waals surface area contributed by atoms with Crippen molar-refractivity contribution in [3.05, 3.63) is 0 Å². The molecule has 6 nitrogen and oxygen atoms in total. The molecule has 92 valence electrons. The van der Waals surface area contributed by atoms with Crippen LogP contribution in [0.2, 0.25) is 0 Å². The topological polar surface area (TPSA) is 102 Å². The lowest BCUT2D eigenvalue weighted by Crippen LogP contribution is -2.53. The van der Waals surface area contributed by atoms with Crippen molar-refractivity contribution < 1.29 is 19.4 Å². The average molecular weight is 230 g/mol. The first kappa shape index (κ1) is 12.9. The summed E-state index contributed by atoms with van der Waals surface area (Å²) in [5.41, 5.74) is 4.12. The van der Waals surface area contributed by atoms with Crippen molar-refractivity contribution in [2.24, 2.45) is 5.73 Å². The number of ether oxygens (including phenoxy) is 1. The van der Waals surface area contributed by atoms with E-state index >= 15 is 0 Å². The number of amides is 1. The van der Waals surface area contributed by atoms with Crippen LogP contribution in [0.5, 0.6) is 0 Å². The van der Waals surface area contributed by atoms with Crippen LogP contribution >= 0.6 is 0 Å². The molecule has 0 saturated heterocycles. The minimum atomic E-state index is -1.08. The first-order chi connectivity index (χ1) is 7.60. The fraction of sp³-hybridized carbons (Fsp3) is 0.800. The van der Waals surface area contributed by atoms with E-state index < -0.39 is 17.4 Å². The molecule has 0 unspecified atom stereocenters. The van der Waals surface area contributed by atoms with Crippen LogP contribution in [0.15, 0.2) is 0 Å². The molecule has 0 spiro atoms. The number of carbonyl (C=O) groups is 2. The fourth-order valence-corrected chi connectivity index (χ4v) is 1.92. The van der Waals surface area contributed by atoms with Crippen LogP contribution < -0.4 is 11.1 Å². The minimum absolute atomic E-state index is 0.133. The number of carbonyl (C=O) groups excluding carboxylic acids is 1. The number of hydrogen-bond acceptors (Lipinski definition) is 4. The van der Waals surface area contributed by atoms with Gasteiger partial charge in [0.25, 0.3) is 0 Å². The number of carboxylic acid groups (broad SMARTS) is 1. The van der Waals surface area contributed by atoms with Gasteiger partial charge in [0.15, 0.2) is 0 Å².